The maximum Gasteiger partial charge on any atom is 0.326 e. The number of nitro groups is 1. The zero-order valence-corrected chi connectivity index (χ0v) is 27.1. The average Bonchev–Trinajstić information content (AvgIpc) is 3.04. The van der Waals surface area contributed by atoms with E-state index in [0.717, 1.165) is 27.2 Å². The summed E-state index contributed by atoms with van der Waals surface area (Å²) in [4.78, 5) is 66.8. The molecule has 12 nitrogen and oxygen atoms in total. The van der Waals surface area contributed by atoms with Crippen LogP contribution in [0, 0.1) is 16.0 Å². The molecule has 1 heterocycles. The van der Waals surface area contributed by atoms with Gasteiger partial charge in [-0.15, -0.1) is 0 Å². The quantitative estimate of drug-likeness (QED) is 0.0645. The standard InChI is InChI=1S/C32H37N5O7S2/c1-21(2)19-24(30(39)36-25(32(41)42)20-22-9-4-3-5-10-22)35-31(40)28(46-45-27-12-7-6-11-26(27)37(43)44)13-8-16-34-29(38)23-14-17-33-18-15-23/h3-7,9-12,14-15,17-18,21,24-25,28H,8,13,16,19-20H2,1-2H3,(H,34,38)(H,35,40)(H,36,39)(H,41,42)/t24?,25-,28?/m0/s1. The van der Waals surface area contributed by atoms with E-state index in [9.17, 15) is 34.4 Å². The number of aromatic nitrogens is 1. The molecule has 0 bridgehead atoms. The van der Waals surface area contributed by atoms with Crippen LogP contribution in [0.4, 0.5) is 5.69 Å². The van der Waals surface area contributed by atoms with Crippen LogP contribution < -0.4 is 16.0 Å². The Balaban J connectivity index is 1.72. The zero-order chi connectivity index (χ0) is 33.5. The van der Waals surface area contributed by atoms with Crippen molar-refractivity contribution in [1.82, 2.24) is 20.9 Å². The van der Waals surface area contributed by atoms with Gasteiger partial charge in [0.05, 0.1) is 15.1 Å². The molecule has 1 aromatic heterocycles. The van der Waals surface area contributed by atoms with Crippen molar-refractivity contribution in [3.05, 3.63) is 100 Å². The number of nitrogens with zero attached hydrogens (tertiary/aromatic N) is 2. The number of rotatable bonds is 18. The van der Waals surface area contributed by atoms with Crippen molar-refractivity contribution in [3.8, 4) is 0 Å². The summed E-state index contributed by atoms with van der Waals surface area (Å²) >= 11 is 0. The Morgan fingerprint density at radius 3 is 2.22 bits per heavy atom. The van der Waals surface area contributed by atoms with Gasteiger partial charge in [0.1, 0.15) is 12.1 Å². The monoisotopic (exact) mass is 667 g/mol. The fourth-order valence-electron chi connectivity index (χ4n) is 4.40. The first-order valence-electron chi connectivity index (χ1n) is 14.7. The summed E-state index contributed by atoms with van der Waals surface area (Å²) in [5.41, 5.74) is 1.08. The summed E-state index contributed by atoms with van der Waals surface area (Å²) < 4.78 is 0. The first-order chi connectivity index (χ1) is 22.0. The number of hydrogen-bond donors (Lipinski definition) is 4. The minimum atomic E-state index is -1.20. The van der Waals surface area contributed by atoms with E-state index in [-0.39, 0.29) is 43.3 Å². The Kier molecular flexibility index (Phi) is 14.5. The number of carboxylic acids is 1. The van der Waals surface area contributed by atoms with Gasteiger partial charge in [0, 0.05) is 37.0 Å². The van der Waals surface area contributed by atoms with E-state index in [0.29, 0.717) is 16.9 Å². The first-order valence-corrected chi connectivity index (χ1v) is 16.9. The number of carboxylic acid groups (broad SMARTS) is 1. The van der Waals surface area contributed by atoms with Crippen molar-refractivity contribution in [1.29, 1.82) is 0 Å². The molecule has 0 fully saturated rings. The number of benzene rings is 2. The van der Waals surface area contributed by atoms with E-state index >= 15 is 0 Å². The van der Waals surface area contributed by atoms with Gasteiger partial charge < -0.3 is 21.1 Å². The minimum absolute atomic E-state index is 0.00991. The van der Waals surface area contributed by atoms with E-state index < -0.39 is 40.0 Å². The van der Waals surface area contributed by atoms with E-state index in [1.807, 2.05) is 19.9 Å². The second-order valence-electron chi connectivity index (χ2n) is 10.8. The lowest BCUT2D eigenvalue weighted by atomic mass is 10.0. The molecule has 3 amide bonds. The van der Waals surface area contributed by atoms with Gasteiger partial charge in [0.15, 0.2) is 0 Å². The lowest BCUT2D eigenvalue weighted by Crippen LogP contribution is -2.53. The Hall–Kier alpha value is -4.43. The molecular weight excluding hydrogens is 631 g/mol. The van der Waals surface area contributed by atoms with Crippen molar-refractivity contribution in [2.75, 3.05) is 6.54 Å². The molecule has 0 spiro atoms. The van der Waals surface area contributed by atoms with Crippen molar-refractivity contribution in [3.63, 3.8) is 0 Å². The van der Waals surface area contributed by atoms with Gasteiger partial charge >= 0.3 is 5.97 Å². The van der Waals surface area contributed by atoms with Crippen LogP contribution in [0.25, 0.3) is 0 Å². The summed E-state index contributed by atoms with van der Waals surface area (Å²) in [6.45, 7) is 4.03. The van der Waals surface area contributed by atoms with Gasteiger partial charge in [-0.05, 0) is 59.7 Å². The van der Waals surface area contributed by atoms with Crippen molar-refractivity contribution < 1.29 is 29.2 Å². The summed E-state index contributed by atoms with van der Waals surface area (Å²) in [5, 5.41) is 28.8. The maximum atomic E-state index is 13.7. The highest BCUT2D eigenvalue weighted by Crippen LogP contribution is 2.40. The third kappa shape index (κ3) is 11.8. The second kappa shape index (κ2) is 18.5. The summed E-state index contributed by atoms with van der Waals surface area (Å²) in [5.74, 6) is -2.60. The number of aliphatic carboxylic acids is 1. The molecule has 0 saturated carbocycles. The van der Waals surface area contributed by atoms with E-state index in [4.69, 9.17) is 0 Å². The third-order valence-electron chi connectivity index (χ3n) is 6.72. The highest BCUT2D eigenvalue weighted by atomic mass is 33.1. The van der Waals surface area contributed by atoms with Gasteiger partial charge in [-0.1, -0.05) is 67.1 Å². The molecule has 0 aliphatic heterocycles. The molecule has 3 rings (SSSR count). The predicted molar refractivity (Wildman–Crippen MR) is 177 cm³/mol. The Morgan fingerprint density at radius 2 is 1.57 bits per heavy atom. The van der Waals surface area contributed by atoms with Crippen molar-refractivity contribution in [2.24, 2.45) is 5.92 Å². The maximum absolute atomic E-state index is 13.7. The van der Waals surface area contributed by atoms with Crippen molar-refractivity contribution in [2.45, 2.75) is 61.8 Å². The lowest BCUT2D eigenvalue weighted by molar-refractivity contribution is -0.387. The Labute approximate surface area is 275 Å². The molecule has 2 unspecified atom stereocenters. The van der Waals surface area contributed by atoms with Gasteiger partial charge in [-0.2, -0.15) is 0 Å². The van der Waals surface area contributed by atoms with Crippen LogP contribution in [0.5, 0.6) is 0 Å². The van der Waals surface area contributed by atoms with Gasteiger partial charge in [-0.25, -0.2) is 4.79 Å². The fraction of sp³-hybridized carbons (Fsp3) is 0.344. The SMILES string of the molecule is CC(C)CC(NC(=O)C(CCCNC(=O)c1ccncc1)SSc1ccccc1[N+](=O)[O-])C(=O)N[C@@H](Cc1ccccc1)C(=O)O. The summed E-state index contributed by atoms with van der Waals surface area (Å²) in [6.07, 6.45) is 4.03. The third-order valence-corrected chi connectivity index (χ3v) is 9.54. The number of nitro benzene ring substituents is 1. The van der Waals surface area contributed by atoms with Crippen LogP contribution in [0.15, 0.2) is 84.0 Å². The molecule has 244 valence electrons. The van der Waals surface area contributed by atoms with Gasteiger partial charge in [0.2, 0.25) is 11.8 Å². The van der Waals surface area contributed by atoms with Gasteiger partial charge in [-0.3, -0.25) is 29.5 Å². The van der Waals surface area contributed by atoms with Crippen LogP contribution in [0.1, 0.15) is 49.0 Å². The molecule has 0 aliphatic rings. The van der Waals surface area contributed by atoms with Crippen LogP contribution in [-0.4, -0.2) is 62.6 Å². The molecule has 4 N–H and O–H groups in total. The predicted octanol–water partition coefficient (Wildman–Crippen LogP) is 4.65. The Bertz CT molecular complexity index is 1480. The molecule has 3 atom stereocenters. The van der Waals surface area contributed by atoms with Gasteiger partial charge in [0.25, 0.3) is 11.6 Å². The van der Waals surface area contributed by atoms with E-state index in [1.54, 1.807) is 54.6 Å². The molecular formula is C32H37N5O7S2. The Morgan fingerprint density at radius 1 is 0.913 bits per heavy atom. The topological polar surface area (TPSA) is 181 Å². The highest BCUT2D eigenvalue weighted by Gasteiger charge is 2.30. The number of para-hydroxylation sites is 1. The first kappa shape index (κ1) is 36.0. The second-order valence-corrected chi connectivity index (χ2v) is 13.3. The van der Waals surface area contributed by atoms with Crippen molar-refractivity contribution >= 4 is 51.0 Å². The van der Waals surface area contributed by atoms with Crippen LogP contribution in [-0.2, 0) is 20.8 Å². The molecule has 14 heteroatoms. The molecule has 2 aromatic carbocycles. The summed E-state index contributed by atoms with van der Waals surface area (Å²) in [7, 11) is 2.20. The molecule has 46 heavy (non-hydrogen) atoms. The average molecular weight is 668 g/mol. The largest absolute Gasteiger partial charge is 0.480 e. The molecule has 0 aliphatic carbocycles. The number of amides is 3. The van der Waals surface area contributed by atoms with E-state index in [2.05, 4.69) is 20.9 Å². The number of carbonyl (C=O) groups excluding carboxylic acids is 3. The number of nitrogens with one attached hydrogen (secondary N) is 3. The smallest absolute Gasteiger partial charge is 0.326 e. The fourth-order valence-corrected chi connectivity index (χ4v) is 7.03. The highest BCUT2D eigenvalue weighted by molar-refractivity contribution is 8.77. The molecule has 0 radical (unpaired) electrons. The molecule has 0 saturated heterocycles. The lowest BCUT2D eigenvalue weighted by Gasteiger charge is -2.25. The van der Waals surface area contributed by atoms with Crippen LogP contribution in [0.2, 0.25) is 0 Å². The zero-order valence-electron chi connectivity index (χ0n) is 25.5. The molecule has 3 aromatic rings. The normalized spacial score (nSPS) is 12.8. The van der Waals surface area contributed by atoms with Crippen LogP contribution in [0.3, 0.4) is 0 Å². The number of carbonyl (C=O) groups is 4. The number of pyridine rings is 1. The van der Waals surface area contributed by atoms with E-state index in [1.165, 1.54) is 18.5 Å². The summed E-state index contributed by atoms with van der Waals surface area (Å²) in [6, 6.07) is 16.0. The minimum Gasteiger partial charge on any atom is -0.480 e. The van der Waals surface area contributed by atoms with Crippen LogP contribution >= 0.6 is 21.6 Å². The number of hydrogen-bond acceptors (Lipinski definition) is 9.